The second-order valence-electron chi connectivity index (χ2n) is 15.7. The summed E-state index contributed by atoms with van der Waals surface area (Å²) >= 11 is 0. The maximum absolute atomic E-state index is 15.0. The van der Waals surface area contributed by atoms with E-state index in [2.05, 4.69) is 0 Å². The van der Waals surface area contributed by atoms with Gasteiger partial charge in [-0.05, 0) is 102 Å². The summed E-state index contributed by atoms with van der Waals surface area (Å²) in [6.07, 6.45) is -23.8. The Bertz CT molecular complexity index is 2970. The smallest absolute Gasteiger partial charge is 0.411 e. The van der Waals surface area contributed by atoms with Crippen molar-refractivity contribution in [2.24, 2.45) is 0 Å². The van der Waals surface area contributed by atoms with Crippen LogP contribution in [0.2, 0.25) is 0 Å². The summed E-state index contributed by atoms with van der Waals surface area (Å²) in [4.78, 5) is 52.9. The topological polar surface area (TPSA) is 93.2 Å². The van der Waals surface area contributed by atoms with Crippen molar-refractivity contribution in [1.29, 1.82) is 0 Å². The fourth-order valence-corrected chi connectivity index (χ4v) is 8.37. The molecule has 350 valence electrons. The molecule has 0 saturated carbocycles. The predicted molar refractivity (Wildman–Crippen MR) is 217 cm³/mol. The van der Waals surface area contributed by atoms with Crippen molar-refractivity contribution in [3.05, 3.63) is 184 Å². The molecule has 0 saturated heterocycles. The van der Waals surface area contributed by atoms with E-state index in [1.165, 1.54) is 32.2 Å². The van der Waals surface area contributed by atoms with Gasteiger partial charge in [0.25, 0.3) is 23.6 Å². The predicted octanol–water partition coefficient (Wildman–Crippen LogP) is 12.4. The molecule has 6 aromatic carbocycles. The van der Waals surface area contributed by atoms with Gasteiger partial charge in [-0.1, -0.05) is 66.2 Å². The van der Waals surface area contributed by atoms with Gasteiger partial charge in [-0.2, -0.15) is 52.7 Å². The molecule has 0 bridgehead atoms. The Balaban J connectivity index is 1.04. The molecule has 0 spiro atoms. The number of carbonyl (C=O) groups excluding carboxylic acids is 4. The van der Waals surface area contributed by atoms with Crippen LogP contribution >= 0.6 is 0 Å². The Kier molecular flexibility index (Phi) is 11.0. The number of rotatable bonds is 9. The molecule has 68 heavy (non-hydrogen) atoms. The molecular weight excluding hydrogens is 929 g/mol. The average Bonchev–Trinajstić information content (AvgIpc) is 3.63. The van der Waals surface area contributed by atoms with E-state index in [0.29, 0.717) is 59.0 Å². The summed E-state index contributed by atoms with van der Waals surface area (Å²) in [5.41, 5.74) is -14.6. The minimum atomic E-state index is -5.99. The van der Waals surface area contributed by atoms with Crippen molar-refractivity contribution in [3.8, 4) is 23.0 Å². The molecule has 0 fully saturated rings. The molecule has 2 aliphatic rings. The third kappa shape index (κ3) is 7.28. The molecule has 4 amide bonds. The number of amides is 4. The monoisotopic (exact) mass is 956 g/mol. The fourth-order valence-electron chi connectivity index (χ4n) is 8.37. The lowest BCUT2D eigenvalue weighted by Crippen LogP contribution is -2.54. The van der Waals surface area contributed by atoms with E-state index in [1.807, 2.05) is 0 Å². The van der Waals surface area contributed by atoms with Gasteiger partial charge in [0.15, 0.2) is 0 Å². The number of nitrogens with zero attached hydrogens (tertiary/aromatic N) is 2. The van der Waals surface area contributed by atoms with Crippen molar-refractivity contribution in [1.82, 2.24) is 4.90 Å². The van der Waals surface area contributed by atoms with E-state index < -0.39 is 87.1 Å². The number of ether oxygens (including phenoxy) is 2. The van der Waals surface area contributed by atoms with Crippen molar-refractivity contribution in [2.75, 3.05) is 11.9 Å². The SMILES string of the molecule is Cc1ccc(C(c2ccc(N3C(=O)c4ccc(Oc5ccc(C(c6ccc(Oc7ccc8c(c7)C(=O)N(C)C8=O)cc6)(C(F)(F)F)C(F)(F)F)cc5)cc4C3=O)cc2)(C(F)(F)F)C(F)(F)F)cc1. The maximum atomic E-state index is 15.0. The molecule has 8 rings (SSSR count). The third-order valence-electron chi connectivity index (χ3n) is 11.7. The Labute approximate surface area is 375 Å². The van der Waals surface area contributed by atoms with Crippen molar-refractivity contribution in [3.63, 3.8) is 0 Å². The van der Waals surface area contributed by atoms with Gasteiger partial charge in [0.1, 0.15) is 23.0 Å². The Morgan fingerprint density at radius 3 is 1.04 bits per heavy atom. The zero-order valence-corrected chi connectivity index (χ0v) is 34.6. The lowest BCUT2D eigenvalue weighted by molar-refractivity contribution is -0.290. The van der Waals surface area contributed by atoms with Gasteiger partial charge in [0.2, 0.25) is 10.8 Å². The molecule has 0 N–H and O–H groups in total. The second kappa shape index (κ2) is 16.0. The van der Waals surface area contributed by atoms with E-state index in [-0.39, 0.29) is 45.3 Å². The van der Waals surface area contributed by atoms with Gasteiger partial charge in [-0.3, -0.25) is 24.1 Å². The lowest BCUT2D eigenvalue weighted by Gasteiger charge is -2.38. The first-order chi connectivity index (χ1) is 31.7. The van der Waals surface area contributed by atoms with Crippen LogP contribution in [0.4, 0.5) is 58.4 Å². The summed E-state index contributed by atoms with van der Waals surface area (Å²) in [5, 5.41) is 0. The van der Waals surface area contributed by atoms with Crippen molar-refractivity contribution >= 4 is 29.3 Å². The number of fused-ring (bicyclic) bond motifs is 2. The van der Waals surface area contributed by atoms with E-state index in [9.17, 15) is 71.9 Å². The number of hydrogen-bond donors (Lipinski definition) is 0. The summed E-state index contributed by atoms with van der Waals surface area (Å²) in [5.74, 6) is -4.14. The third-order valence-corrected chi connectivity index (χ3v) is 11.7. The van der Waals surface area contributed by atoms with Crippen LogP contribution in [-0.4, -0.2) is 60.3 Å². The number of aryl methyl sites for hydroxylation is 1. The van der Waals surface area contributed by atoms with Crippen LogP contribution < -0.4 is 14.4 Å². The van der Waals surface area contributed by atoms with Gasteiger partial charge in [-0.25, -0.2) is 4.90 Å². The Morgan fingerprint density at radius 1 is 0.368 bits per heavy atom. The summed E-state index contributed by atoms with van der Waals surface area (Å²) in [6, 6.07) is 18.6. The Hall–Kier alpha value is -7.64. The van der Waals surface area contributed by atoms with Gasteiger partial charge in [0, 0.05) is 7.05 Å². The number of carbonyl (C=O) groups is 4. The number of imide groups is 2. The number of anilines is 1. The molecule has 0 atom stereocenters. The van der Waals surface area contributed by atoms with Crippen LogP contribution in [0, 0.1) is 6.92 Å². The summed E-state index contributed by atoms with van der Waals surface area (Å²) in [7, 11) is 1.25. The second-order valence-corrected chi connectivity index (χ2v) is 15.7. The van der Waals surface area contributed by atoms with Gasteiger partial charge < -0.3 is 9.47 Å². The molecule has 0 unspecified atom stereocenters. The van der Waals surface area contributed by atoms with Gasteiger partial charge in [-0.15, -0.1) is 0 Å². The van der Waals surface area contributed by atoms with Crippen LogP contribution in [0.1, 0.15) is 69.2 Å². The molecule has 20 heteroatoms. The zero-order valence-electron chi connectivity index (χ0n) is 34.6. The molecule has 0 radical (unpaired) electrons. The van der Waals surface area contributed by atoms with E-state index >= 15 is 0 Å². The molecule has 2 aliphatic heterocycles. The number of benzene rings is 6. The largest absolute Gasteiger partial charge is 0.457 e. The Morgan fingerprint density at radius 2 is 0.662 bits per heavy atom. The molecule has 8 nitrogen and oxygen atoms in total. The minimum absolute atomic E-state index is 0.0172. The first-order valence-electron chi connectivity index (χ1n) is 19.7. The normalized spacial score (nSPS) is 14.7. The number of alkyl halides is 12. The maximum Gasteiger partial charge on any atom is 0.411 e. The lowest BCUT2D eigenvalue weighted by atomic mass is 9.72. The number of halogens is 12. The zero-order chi connectivity index (χ0) is 49.5. The van der Waals surface area contributed by atoms with Crippen molar-refractivity contribution in [2.45, 2.75) is 42.5 Å². The molecular formula is C48H28F12N2O6. The highest BCUT2D eigenvalue weighted by atomic mass is 19.4. The summed E-state index contributed by atoms with van der Waals surface area (Å²) < 4.78 is 189. The van der Waals surface area contributed by atoms with E-state index in [0.717, 1.165) is 71.6 Å². The molecule has 0 aromatic heterocycles. The van der Waals surface area contributed by atoms with Crippen LogP contribution in [-0.2, 0) is 10.8 Å². The van der Waals surface area contributed by atoms with Crippen LogP contribution in [0.5, 0.6) is 23.0 Å². The van der Waals surface area contributed by atoms with Crippen LogP contribution in [0.25, 0.3) is 0 Å². The molecule has 6 aromatic rings. The standard InChI is InChI=1S/C48H28F12N2O6/c1-25-3-5-26(6-4-25)43(45(49,50)51,46(52,53)54)27-7-13-30(14-8-27)62-41(65)36-22-20-34(24-38(36)42(62)66)68-32-17-11-29(12-18-32)44(47(55,56)57,48(58,59)60)28-9-15-31(16-10-28)67-33-19-21-35-37(23-33)40(64)61(2)39(35)63/h3-24H,1-2H3. The van der Waals surface area contributed by atoms with E-state index in [1.54, 1.807) is 0 Å². The molecule has 0 aliphatic carbocycles. The van der Waals surface area contributed by atoms with Crippen molar-refractivity contribution < 1.29 is 81.3 Å². The highest BCUT2D eigenvalue weighted by Crippen LogP contribution is 2.58. The number of hydrogen-bond acceptors (Lipinski definition) is 6. The quantitative estimate of drug-likeness (QED) is 0.106. The van der Waals surface area contributed by atoms with Gasteiger partial charge >= 0.3 is 24.7 Å². The van der Waals surface area contributed by atoms with Gasteiger partial charge in [0.05, 0.1) is 27.9 Å². The van der Waals surface area contributed by atoms with E-state index in [4.69, 9.17) is 9.47 Å². The first-order valence-corrected chi connectivity index (χ1v) is 19.7. The average molecular weight is 957 g/mol. The minimum Gasteiger partial charge on any atom is -0.457 e. The summed E-state index contributed by atoms with van der Waals surface area (Å²) in [6.45, 7) is 1.47. The fraction of sp³-hybridized carbons (Fsp3) is 0.167. The highest BCUT2D eigenvalue weighted by molar-refractivity contribution is 6.34. The van der Waals surface area contributed by atoms with Crippen LogP contribution in [0.3, 0.4) is 0 Å². The van der Waals surface area contributed by atoms with Crippen LogP contribution in [0.15, 0.2) is 133 Å². The highest BCUT2D eigenvalue weighted by Gasteiger charge is 2.73. The first kappa shape index (κ1) is 46.9. The molecule has 2 heterocycles.